The Balaban J connectivity index is 4.60. The van der Waals surface area contributed by atoms with Crippen LogP contribution in [0.2, 0.25) is 0 Å². The van der Waals surface area contributed by atoms with E-state index in [0.717, 1.165) is 6.19 Å². The van der Waals surface area contributed by atoms with Crippen molar-refractivity contribution in [1.82, 2.24) is 4.90 Å². The van der Waals surface area contributed by atoms with Gasteiger partial charge in [-0.2, -0.15) is 14.8 Å². The van der Waals surface area contributed by atoms with Crippen LogP contribution in [0.1, 0.15) is 0 Å². The van der Waals surface area contributed by atoms with E-state index in [4.69, 9.17) is 10.5 Å². The number of nitro groups is 1. The van der Waals surface area contributed by atoms with Crippen LogP contribution in [-0.4, -0.2) is 27.2 Å². The van der Waals surface area contributed by atoms with Gasteiger partial charge in [0.2, 0.25) is 0 Å². The smallest absolute Gasteiger partial charge is 0.355 e. The van der Waals surface area contributed by atoms with Gasteiger partial charge in [-0.1, -0.05) is 0 Å². The highest BCUT2D eigenvalue weighted by molar-refractivity contribution is 5.88. The highest BCUT2D eigenvalue weighted by Crippen LogP contribution is 1.93. The second kappa shape index (κ2) is 3.84. The van der Waals surface area contributed by atoms with Crippen molar-refractivity contribution < 1.29 is 24.7 Å². The Hall–Kier alpha value is -2.21. The molecule has 3 amide bonds. The molecule has 0 bridgehead atoms. The Bertz CT molecular complexity index is 266. The van der Waals surface area contributed by atoms with E-state index in [0.29, 0.717) is 0 Å². The molecule has 0 saturated carbocycles. The summed E-state index contributed by atoms with van der Waals surface area (Å²) in [4.78, 5) is 31.0. The molecule has 1 N–H and O–H groups in total. The third-order valence-electron chi connectivity index (χ3n) is 0.708. The minimum atomic E-state index is -2.00. The number of rotatable bonds is 0. The molecule has 0 heterocycles. The third-order valence-corrected chi connectivity index (χ3v) is 0.708. The second-order valence-corrected chi connectivity index (χ2v) is 1.33. The van der Waals surface area contributed by atoms with E-state index in [-0.39, 0.29) is 0 Å². The van der Waals surface area contributed by atoms with Gasteiger partial charge in [0.15, 0.2) is 0 Å². The van der Waals surface area contributed by atoms with Crippen molar-refractivity contribution >= 4 is 12.1 Å². The second-order valence-electron chi connectivity index (χ2n) is 1.33. The Kier molecular flexibility index (Phi) is 3.13. The number of carbonyl (C=O) groups is 2. The molecule has 0 aliphatic heterocycles. The molecule has 9 nitrogen and oxygen atoms in total. The molecule has 0 saturated heterocycles. The van der Waals surface area contributed by atoms with Crippen molar-refractivity contribution in [2.45, 2.75) is 0 Å². The van der Waals surface area contributed by atoms with Gasteiger partial charge in [0, 0.05) is 4.92 Å². The van der Waals surface area contributed by atoms with Gasteiger partial charge in [-0.15, -0.1) is 5.26 Å². The van der Waals surface area contributed by atoms with Gasteiger partial charge in [-0.25, -0.2) is 0 Å². The molecule has 0 aromatic rings. The first-order chi connectivity index (χ1) is 5.54. The fourth-order valence-electron chi connectivity index (χ4n) is 0.284. The van der Waals surface area contributed by atoms with Crippen LogP contribution in [0, 0.1) is 21.6 Å². The van der Waals surface area contributed by atoms with Crippen LogP contribution in [0.25, 0.3) is 0 Å². The lowest BCUT2D eigenvalue weighted by molar-refractivity contribution is -0.381. The molecule has 0 aromatic heterocycles. The molecule has 0 radical (unpaired) electrons. The number of nitrogens with zero attached hydrogens (tertiary/aromatic N) is 3. The standard InChI is InChI=1S/C3HN3O6/c4-1-5(3(8)12-11)2(7)6(9)10/h11H. The summed E-state index contributed by atoms with van der Waals surface area (Å²) in [7, 11) is 0. The van der Waals surface area contributed by atoms with Crippen molar-refractivity contribution in [3.8, 4) is 6.19 Å². The fraction of sp³-hybridized carbons (Fsp3) is 0. The normalized spacial score (nSPS) is 8.00. The predicted molar refractivity (Wildman–Crippen MR) is 29.0 cm³/mol. The topological polar surface area (TPSA) is 134 Å². The largest absolute Gasteiger partial charge is 0.560 e. The summed E-state index contributed by atoms with van der Waals surface area (Å²) in [6.45, 7) is 0. The lowest BCUT2D eigenvalue weighted by Crippen LogP contribution is -2.36. The van der Waals surface area contributed by atoms with E-state index in [9.17, 15) is 19.7 Å². The Morgan fingerprint density at radius 2 is 2.17 bits per heavy atom. The number of nitriles is 1. The molecule has 0 aromatic carbocycles. The minimum absolute atomic E-state index is 0.556. The number of hydrogen-bond donors (Lipinski definition) is 1. The highest BCUT2D eigenvalue weighted by Gasteiger charge is 2.36. The molecular formula is C3HN3O6. The first-order valence-corrected chi connectivity index (χ1v) is 2.28. The van der Waals surface area contributed by atoms with Crippen molar-refractivity contribution in [2.24, 2.45) is 0 Å². The van der Waals surface area contributed by atoms with Gasteiger partial charge in [0.05, 0.1) is 0 Å². The van der Waals surface area contributed by atoms with Crippen molar-refractivity contribution in [3.05, 3.63) is 10.1 Å². The molecule has 64 valence electrons. The zero-order valence-electron chi connectivity index (χ0n) is 5.33. The van der Waals surface area contributed by atoms with Gasteiger partial charge in [0.25, 0.3) is 0 Å². The van der Waals surface area contributed by atoms with Crippen LogP contribution < -0.4 is 0 Å². The summed E-state index contributed by atoms with van der Waals surface area (Å²) in [5, 5.41) is 25.3. The van der Waals surface area contributed by atoms with E-state index < -0.39 is 21.9 Å². The Labute approximate surface area is 64.4 Å². The van der Waals surface area contributed by atoms with E-state index in [2.05, 4.69) is 4.89 Å². The SMILES string of the molecule is N#CN(C(=O)OO)C(=O)[N+](=O)[O-]. The molecular weight excluding hydrogens is 174 g/mol. The summed E-state index contributed by atoms with van der Waals surface area (Å²) in [5.41, 5.74) is 0. The van der Waals surface area contributed by atoms with Crippen LogP contribution in [0.15, 0.2) is 0 Å². The highest BCUT2D eigenvalue weighted by atomic mass is 17.1. The molecule has 12 heavy (non-hydrogen) atoms. The van der Waals surface area contributed by atoms with Gasteiger partial charge in [0.1, 0.15) is 0 Å². The monoisotopic (exact) mass is 175 g/mol. The molecule has 0 spiro atoms. The number of hydrogen-bond acceptors (Lipinski definition) is 7. The molecule has 0 rings (SSSR count). The zero-order chi connectivity index (χ0) is 9.72. The fourth-order valence-corrected chi connectivity index (χ4v) is 0.284. The third kappa shape index (κ3) is 1.89. The maximum Gasteiger partial charge on any atom is 0.560 e. The van der Waals surface area contributed by atoms with Crippen LogP contribution >= 0.6 is 0 Å². The average Bonchev–Trinajstić information content (AvgIpc) is 2.05. The van der Waals surface area contributed by atoms with Crippen molar-refractivity contribution in [3.63, 3.8) is 0 Å². The van der Waals surface area contributed by atoms with E-state index in [1.54, 1.807) is 0 Å². The summed E-state index contributed by atoms with van der Waals surface area (Å²) in [6, 6.07) is -2.00. The summed E-state index contributed by atoms with van der Waals surface area (Å²) in [5.74, 6) is 0. The summed E-state index contributed by atoms with van der Waals surface area (Å²) in [6.07, 6.45) is -0.993. The molecule has 9 heteroatoms. The number of urea groups is 1. The van der Waals surface area contributed by atoms with Crippen LogP contribution in [-0.2, 0) is 4.89 Å². The average molecular weight is 175 g/mol. The Morgan fingerprint density at radius 1 is 1.67 bits per heavy atom. The first kappa shape index (κ1) is 9.79. The van der Waals surface area contributed by atoms with E-state index >= 15 is 0 Å². The molecule has 0 unspecified atom stereocenters. The number of carbonyl (C=O) groups excluding carboxylic acids is 2. The predicted octanol–water partition coefficient (Wildman–Crippen LogP) is -0.224. The quantitative estimate of drug-likeness (QED) is 0.176. The summed E-state index contributed by atoms with van der Waals surface area (Å²) < 4.78 is 0. The van der Waals surface area contributed by atoms with Gasteiger partial charge < -0.3 is 10.1 Å². The van der Waals surface area contributed by atoms with Crippen LogP contribution in [0.3, 0.4) is 0 Å². The summed E-state index contributed by atoms with van der Waals surface area (Å²) >= 11 is 0. The first-order valence-electron chi connectivity index (χ1n) is 2.28. The maximum absolute atomic E-state index is 10.3. The van der Waals surface area contributed by atoms with E-state index in [1.807, 2.05) is 0 Å². The van der Waals surface area contributed by atoms with Crippen LogP contribution in [0.5, 0.6) is 0 Å². The van der Waals surface area contributed by atoms with Crippen molar-refractivity contribution in [2.75, 3.05) is 0 Å². The van der Waals surface area contributed by atoms with Gasteiger partial charge in [-0.3, -0.25) is 4.89 Å². The van der Waals surface area contributed by atoms with Crippen LogP contribution in [0.4, 0.5) is 9.59 Å². The molecule has 0 aliphatic rings. The van der Waals surface area contributed by atoms with Gasteiger partial charge in [-0.05, 0) is 4.90 Å². The number of amides is 3. The molecule has 0 fully saturated rings. The number of imide groups is 1. The van der Waals surface area contributed by atoms with Gasteiger partial charge >= 0.3 is 18.3 Å². The maximum atomic E-state index is 10.3. The van der Waals surface area contributed by atoms with Crippen molar-refractivity contribution in [1.29, 1.82) is 5.26 Å². The Morgan fingerprint density at radius 3 is 2.42 bits per heavy atom. The minimum Gasteiger partial charge on any atom is -0.355 e. The molecule has 0 atom stereocenters. The zero-order valence-corrected chi connectivity index (χ0v) is 5.33. The lowest BCUT2D eigenvalue weighted by atomic mass is 10.8. The van der Waals surface area contributed by atoms with E-state index in [1.165, 1.54) is 0 Å². The lowest BCUT2D eigenvalue weighted by Gasteiger charge is -1.97. The molecule has 0 aliphatic carbocycles.